The normalized spacial score (nSPS) is 15.7. The predicted molar refractivity (Wildman–Crippen MR) is 175 cm³/mol. The molecule has 0 spiro atoms. The summed E-state index contributed by atoms with van der Waals surface area (Å²) in [6, 6.07) is 7.80. The molecule has 0 unspecified atom stereocenters. The molecule has 39 heavy (non-hydrogen) atoms. The fourth-order valence-corrected chi connectivity index (χ4v) is 6.27. The molecular weight excluding hydrogens is 639 g/mol. The number of halogens is 1. The van der Waals surface area contributed by atoms with Gasteiger partial charge in [-0.05, 0) is 71.0 Å². The maximum atomic E-state index is 13.2. The van der Waals surface area contributed by atoms with Crippen molar-refractivity contribution in [2.45, 2.75) is 122 Å². The summed E-state index contributed by atoms with van der Waals surface area (Å²) in [4.78, 5) is 13.2. The Morgan fingerprint density at radius 1 is 0.949 bits per heavy atom. The highest BCUT2D eigenvalue weighted by Gasteiger charge is 2.44. The SMILES string of the molecule is COc1ccc(COCC[C@H](C)OC(=O)C[C@H](O[Si](C)(C)C(C)(C)C)[C@H](/C=C/I)O[Si](C)(C)C(C)(C)C)cc1. The van der Waals surface area contributed by atoms with E-state index in [1.54, 1.807) is 7.11 Å². The summed E-state index contributed by atoms with van der Waals surface area (Å²) in [7, 11) is -2.66. The van der Waals surface area contributed by atoms with Gasteiger partial charge in [0.25, 0.3) is 0 Å². The molecule has 0 aliphatic rings. The molecule has 9 heteroatoms. The number of carbonyl (C=O) groups is 1. The molecule has 0 fully saturated rings. The van der Waals surface area contributed by atoms with Crippen LogP contribution in [-0.2, 0) is 29.7 Å². The number of benzene rings is 1. The van der Waals surface area contributed by atoms with E-state index in [0.717, 1.165) is 11.3 Å². The van der Waals surface area contributed by atoms with Crippen molar-refractivity contribution in [1.82, 2.24) is 0 Å². The average Bonchev–Trinajstić information content (AvgIpc) is 2.79. The Hall–Kier alpha value is -0.726. The molecule has 0 heterocycles. The summed E-state index contributed by atoms with van der Waals surface area (Å²) < 4.78 is 32.4. The van der Waals surface area contributed by atoms with E-state index in [9.17, 15) is 4.79 Å². The van der Waals surface area contributed by atoms with Crippen molar-refractivity contribution >= 4 is 45.2 Å². The van der Waals surface area contributed by atoms with Gasteiger partial charge in [0.05, 0.1) is 39.0 Å². The van der Waals surface area contributed by atoms with E-state index in [4.69, 9.17) is 23.1 Å². The van der Waals surface area contributed by atoms with Crippen molar-refractivity contribution in [3.8, 4) is 5.75 Å². The lowest BCUT2D eigenvalue weighted by Gasteiger charge is -2.44. The first-order chi connectivity index (χ1) is 17.8. The maximum absolute atomic E-state index is 13.2. The first-order valence-corrected chi connectivity index (χ1v) is 20.9. The Labute approximate surface area is 254 Å². The van der Waals surface area contributed by atoms with Crippen molar-refractivity contribution < 1.29 is 27.9 Å². The lowest BCUT2D eigenvalue weighted by molar-refractivity contribution is -0.152. The highest BCUT2D eigenvalue weighted by Crippen LogP contribution is 2.41. The quantitative estimate of drug-likeness (QED) is 0.0794. The van der Waals surface area contributed by atoms with Gasteiger partial charge in [0.15, 0.2) is 16.6 Å². The number of rotatable bonds is 15. The van der Waals surface area contributed by atoms with Crippen molar-refractivity contribution in [2.24, 2.45) is 0 Å². The molecule has 0 aliphatic carbocycles. The van der Waals surface area contributed by atoms with Gasteiger partial charge < -0.3 is 23.1 Å². The molecular formula is C30H53IO6Si2. The van der Waals surface area contributed by atoms with E-state index < -0.39 is 22.7 Å². The van der Waals surface area contributed by atoms with Gasteiger partial charge in [-0.15, -0.1) is 0 Å². The molecule has 0 aromatic heterocycles. The number of hydrogen-bond donors (Lipinski definition) is 0. The third kappa shape index (κ3) is 12.4. The van der Waals surface area contributed by atoms with Crippen LogP contribution in [0.3, 0.4) is 0 Å². The van der Waals surface area contributed by atoms with Crippen molar-refractivity contribution in [3.05, 3.63) is 40.0 Å². The molecule has 0 saturated carbocycles. The molecule has 0 radical (unpaired) electrons. The molecule has 0 aliphatic heterocycles. The Bertz CT molecular complexity index is 904. The van der Waals surface area contributed by atoms with Crippen molar-refractivity contribution in [1.29, 1.82) is 0 Å². The van der Waals surface area contributed by atoms with Crippen LogP contribution in [0.1, 0.15) is 66.9 Å². The van der Waals surface area contributed by atoms with Gasteiger partial charge in [-0.3, -0.25) is 4.79 Å². The Morgan fingerprint density at radius 2 is 1.49 bits per heavy atom. The molecule has 224 valence electrons. The van der Waals surface area contributed by atoms with Gasteiger partial charge in [-0.2, -0.15) is 0 Å². The van der Waals surface area contributed by atoms with E-state index in [0.29, 0.717) is 19.6 Å². The second kappa shape index (κ2) is 15.5. The van der Waals surface area contributed by atoms with Crippen molar-refractivity contribution in [3.63, 3.8) is 0 Å². The largest absolute Gasteiger partial charge is 0.497 e. The van der Waals surface area contributed by atoms with Gasteiger partial charge in [-0.25, -0.2) is 0 Å². The van der Waals surface area contributed by atoms with Crippen LogP contribution in [0.25, 0.3) is 0 Å². The van der Waals surface area contributed by atoms with Crippen LogP contribution in [0.4, 0.5) is 0 Å². The Morgan fingerprint density at radius 3 is 1.97 bits per heavy atom. The first-order valence-electron chi connectivity index (χ1n) is 13.9. The minimum atomic E-state index is -2.19. The summed E-state index contributed by atoms with van der Waals surface area (Å²) in [5.74, 6) is 0.549. The predicted octanol–water partition coefficient (Wildman–Crippen LogP) is 8.65. The summed E-state index contributed by atoms with van der Waals surface area (Å²) in [5, 5.41) is 0.0337. The van der Waals surface area contributed by atoms with Crippen LogP contribution in [0.5, 0.6) is 5.75 Å². The third-order valence-corrected chi connectivity index (χ3v) is 17.3. The number of ether oxygens (including phenoxy) is 3. The van der Waals surface area contributed by atoms with E-state index >= 15 is 0 Å². The van der Waals surface area contributed by atoms with Crippen LogP contribution < -0.4 is 4.74 Å². The fraction of sp³-hybridized carbons (Fsp3) is 0.700. The van der Waals surface area contributed by atoms with E-state index in [1.165, 1.54) is 0 Å². The summed E-state index contributed by atoms with van der Waals surface area (Å²) in [5.41, 5.74) is 1.07. The van der Waals surface area contributed by atoms with Crippen LogP contribution in [0.15, 0.2) is 34.4 Å². The number of carbonyl (C=O) groups excluding carboxylic acids is 1. The van der Waals surface area contributed by atoms with E-state index in [-0.39, 0.29) is 34.7 Å². The monoisotopic (exact) mass is 692 g/mol. The zero-order chi connectivity index (χ0) is 30.1. The topological polar surface area (TPSA) is 63.2 Å². The highest BCUT2D eigenvalue weighted by atomic mass is 127. The van der Waals surface area contributed by atoms with Gasteiger partial charge in [-0.1, -0.05) is 76.3 Å². The average molecular weight is 693 g/mol. The summed E-state index contributed by atoms with van der Waals surface area (Å²) in [6.07, 6.45) is 1.78. The number of hydrogen-bond acceptors (Lipinski definition) is 6. The zero-order valence-electron chi connectivity index (χ0n) is 26.4. The summed E-state index contributed by atoms with van der Waals surface area (Å²) in [6.45, 7) is 25.1. The molecule has 3 atom stereocenters. The third-order valence-electron chi connectivity index (χ3n) is 7.91. The molecule has 6 nitrogen and oxygen atoms in total. The lowest BCUT2D eigenvalue weighted by Crippen LogP contribution is -2.52. The van der Waals surface area contributed by atoms with Crippen molar-refractivity contribution in [2.75, 3.05) is 13.7 Å². The smallest absolute Gasteiger partial charge is 0.308 e. The standard InChI is InChI=1S/C30H53IO6Si2/c1-23(18-20-34-22-24-13-15-25(33-8)16-14-24)35-28(32)21-27(37-39(11,12)30(5,6)7)26(17-19-31)36-38(9,10)29(2,3)4/h13-17,19,23,26-27H,18,20-22H2,1-12H3/b19-17+/t23-,26-,27-/m0/s1. The first kappa shape index (κ1) is 36.3. The second-order valence-electron chi connectivity index (χ2n) is 13.3. The van der Waals surface area contributed by atoms with Gasteiger partial charge in [0.2, 0.25) is 0 Å². The van der Waals surface area contributed by atoms with Crippen LogP contribution in [0, 0.1) is 0 Å². The summed E-state index contributed by atoms with van der Waals surface area (Å²) >= 11 is 2.22. The Balaban J connectivity index is 2.88. The Kier molecular flexibility index (Phi) is 14.4. The minimum Gasteiger partial charge on any atom is -0.497 e. The van der Waals surface area contributed by atoms with Crippen LogP contribution >= 0.6 is 22.6 Å². The van der Waals surface area contributed by atoms with Gasteiger partial charge in [0.1, 0.15) is 11.9 Å². The molecule has 0 amide bonds. The molecule has 0 saturated heterocycles. The van der Waals surface area contributed by atoms with E-state index in [2.05, 4.69) is 90.3 Å². The van der Waals surface area contributed by atoms with Gasteiger partial charge in [0, 0.05) is 6.42 Å². The van der Waals surface area contributed by atoms with Crippen LogP contribution in [-0.4, -0.2) is 54.6 Å². The second-order valence-corrected chi connectivity index (χ2v) is 23.5. The van der Waals surface area contributed by atoms with E-state index in [1.807, 2.05) is 41.3 Å². The molecule has 0 N–H and O–H groups in total. The fourth-order valence-electron chi connectivity index (χ4n) is 3.26. The molecule has 1 aromatic carbocycles. The minimum absolute atomic E-state index is 0.000761. The zero-order valence-corrected chi connectivity index (χ0v) is 30.5. The van der Waals surface area contributed by atoms with Crippen LogP contribution in [0.2, 0.25) is 36.3 Å². The highest BCUT2D eigenvalue weighted by molar-refractivity contribution is 14.1. The number of methoxy groups -OCH3 is 1. The van der Waals surface area contributed by atoms with Gasteiger partial charge >= 0.3 is 5.97 Å². The maximum Gasteiger partial charge on any atom is 0.308 e. The lowest BCUT2D eigenvalue weighted by atomic mass is 10.1. The number of esters is 1. The molecule has 1 aromatic rings. The molecule has 1 rings (SSSR count). The molecule has 0 bridgehead atoms.